The van der Waals surface area contributed by atoms with Gasteiger partial charge in [-0.25, -0.2) is 0 Å². The van der Waals surface area contributed by atoms with E-state index in [-0.39, 0.29) is 5.91 Å². The fourth-order valence-electron chi connectivity index (χ4n) is 3.34. The molecule has 0 atom stereocenters. The van der Waals surface area contributed by atoms with Crippen molar-refractivity contribution in [3.05, 3.63) is 82.2 Å². The maximum Gasteiger partial charge on any atom is 0.251 e. The Bertz CT molecular complexity index is 972. The average molecular weight is 422 g/mol. The Morgan fingerprint density at radius 1 is 1.06 bits per heavy atom. The van der Waals surface area contributed by atoms with E-state index in [9.17, 15) is 4.79 Å². The molecule has 0 saturated heterocycles. The highest BCUT2D eigenvalue weighted by molar-refractivity contribution is 5.94. The van der Waals surface area contributed by atoms with Gasteiger partial charge < -0.3 is 14.6 Å². The number of carbonyl (C=O) groups excluding carboxylic acids is 1. The minimum Gasteiger partial charge on any atom is -0.489 e. The van der Waals surface area contributed by atoms with Crippen LogP contribution in [0.1, 0.15) is 52.3 Å². The minimum absolute atomic E-state index is 0.130. The molecule has 3 aromatic rings. The van der Waals surface area contributed by atoms with Gasteiger partial charge in [0.25, 0.3) is 5.91 Å². The molecule has 0 saturated carbocycles. The summed E-state index contributed by atoms with van der Waals surface area (Å²) >= 11 is 0. The molecule has 6 heteroatoms. The fourth-order valence-corrected chi connectivity index (χ4v) is 3.34. The number of benzene rings is 2. The fraction of sp³-hybridized carbons (Fsp3) is 0.360. The standard InChI is InChI=1S/C25H31N3O3/c1-5-28(6-2)16-21-12-10-20(11-13-21)15-26-25(29)22-8-7-9-23(14-22)30-17-24-18(3)27-31-19(24)4/h7-14H,5-6,15-17H2,1-4H3,(H,26,29). The highest BCUT2D eigenvalue weighted by atomic mass is 16.5. The van der Waals surface area contributed by atoms with Crippen LogP contribution in [0.25, 0.3) is 0 Å². The van der Waals surface area contributed by atoms with E-state index in [2.05, 4.69) is 53.5 Å². The van der Waals surface area contributed by atoms with Crippen LogP contribution >= 0.6 is 0 Å². The molecule has 1 aromatic heterocycles. The van der Waals surface area contributed by atoms with E-state index in [4.69, 9.17) is 9.26 Å². The smallest absolute Gasteiger partial charge is 0.251 e. The number of nitrogens with one attached hydrogen (secondary N) is 1. The quantitative estimate of drug-likeness (QED) is 0.516. The lowest BCUT2D eigenvalue weighted by molar-refractivity contribution is 0.0950. The monoisotopic (exact) mass is 421 g/mol. The lowest BCUT2D eigenvalue weighted by Crippen LogP contribution is -2.23. The van der Waals surface area contributed by atoms with Gasteiger partial charge in [-0.15, -0.1) is 0 Å². The maximum atomic E-state index is 12.6. The third kappa shape index (κ3) is 6.18. The molecule has 0 bridgehead atoms. The first-order valence-electron chi connectivity index (χ1n) is 10.7. The Morgan fingerprint density at radius 2 is 1.77 bits per heavy atom. The molecule has 0 aliphatic carbocycles. The summed E-state index contributed by atoms with van der Waals surface area (Å²) in [5, 5.41) is 6.92. The predicted molar refractivity (Wildman–Crippen MR) is 121 cm³/mol. The number of amides is 1. The van der Waals surface area contributed by atoms with Crippen molar-refractivity contribution in [2.24, 2.45) is 0 Å². The van der Waals surface area contributed by atoms with Crippen molar-refractivity contribution in [2.45, 2.75) is 47.4 Å². The van der Waals surface area contributed by atoms with Crippen LogP contribution in [0.15, 0.2) is 53.1 Å². The zero-order valence-electron chi connectivity index (χ0n) is 18.8. The zero-order chi connectivity index (χ0) is 22.2. The summed E-state index contributed by atoms with van der Waals surface area (Å²) in [6.07, 6.45) is 0. The van der Waals surface area contributed by atoms with Gasteiger partial charge in [0.15, 0.2) is 0 Å². The topological polar surface area (TPSA) is 67.6 Å². The van der Waals surface area contributed by atoms with Gasteiger partial charge in [-0.05, 0) is 56.3 Å². The molecule has 1 heterocycles. The molecule has 164 valence electrons. The number of aromatic nitrogens is 1. The van der Waals surface area contributed by atoms with Crippen molar-refractivity contribution >= 4 is 5.91 Å². The van der Waals surface area contributed by atoms with Crippen LogP contribution in [0.3, 0.4) is 0 Å². The second kappa shape index (κ2) is 10.8. The Labute approximate surface area is 184 Å². The number of hydrogen-bond acceptors (Lipinski definition) is 5. The summed E-state index contributed by atoms with van der Waals surface area (Å²) in [4.78, 5) is 15.0. The number of carbonyl (C=O) groups is 1. The first-order chi connectivity index (χ1) is 15.0. The third-order valence-electron chi connectivity index (χ3n) is 5.44. The molecule has 3 rings (SSSR count). The molecule has 0 unspecified atom stereocenters. The van der Waals surface area contributed by atoms with Crippen LogP contribution in [-0.2, 0) is 19.7 Å². The molecule has 2 aromatic carbocycles. The van der Waals surface area contributed by atoms with Gasteiger partial charge in [-0.3, -0.25) is 9.69 Å². The minimum atomic E-state index is -0.130. The summed E-state index contributed by atoms with van der Waals surface area (Å²) in [5.74, 6) is 1.25. The highest BCUT2D eigenvalue weighted by Crippen LogP contribution is 2.18. The Kier molecular flexibility index (Phi) is 7.84. The van der Waals surface area contributed by atoms with Crippen molar-refractivity contribution in [1.82, 2.24) is 15.4 Å². The van der Waals surface area contributed by atoms with E-state index < -0.39 is 0 Å². The van der Waals surface area contributed by atoms with Crippen LogP contribution in [0.4, 0.5) is 0 Å². The summed E-state index contributed by atoms with van der Waals surface area (Å²) in [6.45, 7) is 11.9. The largest absolute Gasteiger partial charge is 0.489 e. The first-order valence-corrected chi connectivity index (χ1v) is 10.7. The lowest BCUT2D eigenvalue weighted by Gasteiger charge is -2.18. The molecule has 0 aliphatic heterocycles. The van der Waals surface area contributed by atoms with E-state index in [1.165, 1.54) is 5.56 Å². The highest BCUT2D eigenvalue weighted by Gasteiger charge is 2.11. The molecule has 1 amide bonds. The van der Waals surface area contributed by atoms with Crippen molar-refractivity contribution < 1.29 is 14.1 Å². The van der Waals surface area contributed by atoms with Gasteiger partial charge >= 0.3 is 0 Å². The van der Waals surface area contributed by atoms with Crippen LogP contribution in [0.2, 0.25) is 0 Å². The summed E-state index contributed by atoms with van der Waals surface area (Å²) in [6, 6.07) is 15.6. The molecular weight excluding hydrogens is 390 g/mol. The Hall–Kier alpha value is -3.12. The van der Waals surface area contributed by atoms with E-state index >= 15 is 0 Å². The van der Waals surface area contributed by atoms with Crippen molar-refractivity contribution in [2.75, 3.05) is 13.1 Å². The Morgan fingerprint density at radius 3 is 2.42 bits per heavy atom. The van der Waals surface area contributed by atoms with Gasteiger partial charge in [-0.1, -0.05) is 49.3 Å². The number of rotatable bonds is 10. The summed E-state index contributed by atoms with van der Waals surface area (Å²) < 4.78 is 11.0. The van der Waals surface area contributed by atoms with E-state index in [0.717, 1.165) is 42.2 Å². The molecule has 31 heavy (non-hydrogen) atoms. The van der Waals surface area contributed by atoms with Gasteiger partial charge in [0.2, 0.25) is 0 Å². The molecule has 0 radical (unpaired) electrons. The van der Waals surface area contributed by atoms with Crippen molar-refractivity contribution in [1.29, 1.82) is 0 Å². The molecule has 6 nitrogen and oxygen atoms in total. The number of aryl methyl sites for hydroxylation is 2. The van der Waals surface area contributed by atoms with Gasteiger partial charge in [0.1, 0.15) is 18.1 Å². The van der Waals surface area contributed by atoms with E-state index in [1.54, 1.807) is 12.1 Å². The SMILES string of the molecule is CCN(CC)Cc1ccc(CNC(=O)c2cccc(OCc3c(C)noc3C)c2)cc1. The number of nitrogens with zero attached hydrogens (tertiary/aromatic N) is 2. The Balaban J connectivity index is 1.54. The number of hydrogen-bond donors (Lipinski definition) is 1. The van der Waals surface area contributed by atoms with Crippen molar-refractivity contribution in [3.63, 3.8) is 0 Å². The van der Waals surface area contributed by atoms with Crippen LogP contribution in [0.5, 0.6) is 5.75 Å². The van der Waals surface area contributed by atoms with Crippen LogP contribution in [-0.4, -0.2) is 29.1 Å². The second-order valence-corrected chi connectivity index (χ2v) is 7.58. The molecule has 0 aliphatic rings. The zero-order valence-corrected chi connectivity index (χ0v) is 18.8. The van der Waals surface area contributed by atoms with Gasteiger partial charge in [0.05, 0.1) is 11.3 Å². The predicted octanol–water partition coefficient (Wildman–Crippen LogP) is 4.64. The summed E-state index contributed by atoms with van der Waals surface area (Å²) in [7, 11) is 0. The normalized spacial score (nSPS) is 11.0. The maximum absolute atomic E-state index is 12.6. The molecular formula is C25H31N3O3. The van der Waals surface area contributed by atoms with E-state index in [0.29, 0.717) is 24.5 Å². The molecule has 0 fully saturated rings. The van der Waals surface area contributed by atoms with E-state index in [1.807, 2.05) is 26.0 Å². The van der Waals surface area contributed by atoms with Gasteiger partial charge in [-0.2, -0.15) is 0 Å². The van der Waals surface area contributed by atoms with Gasteiger partial charge in [0, 0.05) is 18.7 Å². The second-order valence-electron chi connectivity index (χ2n) is 7.58. The lowest BCUT2D eigenvalue weighted by atomic mass is 10.1. The average Bonchev–Trinajstić information content (AvgIpc) is 3.12. The summed E-state index contributed by atoms with van der Waals surface area (Å²) in [5.41, 5.74) is 4.66. The van der Waals surface area contributed by atoms with Crippen LogP contribution in [0, 0.1) is 13.8 Å². The first kappa shape index (κ1) is 22.6. The van der Waals surface area contributed by atoms with Crippen LogP contribution < -0.4 is 10.1 Å². The molecule has 0 spiro atoms. The molecule has 1 N–H and O–H groups in total. The van der Waals surface area contributed by atoms with Crippen molar-refractivity contribution in [3.8, 4) is 5.75 Å². The number of ether oxygens (including phenoxy) is 1. The third-order valence-corrected chi connectivity index (χ3v) is 5.44.